The van der Waals surface area contributed by atoms with Crippen molar-refractivity contribution in [3.05, 3.63) is 46.5 Å². The summed E-state index contributed by atoms with van der Waals surface area (Å²) in [5.41, 5.74) is 9.12. The Morgan fingerprint density at radius 1 is 1.29 bits per heavy atom. The third-order valence-corrected chi connectivity index (χ3v) is 7.10. The van der Waals surface area contributed by atoms with Crippen molar-refractivity contribution in [1.82, 2.24) is 19.9 Å². The zero-order chi connectivity index (χ0) is 21.1. The predicted molar refractivity (Wildman–Crippen MR) is 121 cm³/mol. The van der Waals surface area contributed by atoms with Gasteiger partial charge in [0, 0.05) is 54.0 Å². The Labute approximate surface area is 187 Å². The molecule has 3 N–H and O–H groups in total. The van der Waals surface area contributed by atoms with Crippen molar-refractivity contribution in [3.63, 3.8) is 0 Å². The van der Waals surface area contributed by atoms with Crippen LogP contribution in [0.4, 0.5) is 5.82 Å². The Bertz CT molecular complexity index is 1320. The van der Waals surface area contributed by atoms with E-state index in [9.17, 15) is 5.21 Å². The average Bonchev–Trinajstić information content (AvgIpc) is 3.43. The van der Waals surface area contributed by atoms with Crippen LogP contribution in [0.2, 0.25) is 5.02 Å². The summed E-state index contributed by atoms with van der Waals surface area (Å²) in [4.78, 5) is 20.5. The first-order valence-corrected chi connectivity index (χ1v) is 11.5. The third kappa shape index (κ3) is 3.37. The van der Waals surface area contributed by atoms with E-state index in [0.717, 1.165) is 69.5 Å². The number of hydrogen-bond donors (Lipinski definition) is 2. The zero-order valence-corrected chi connectivity index (χ0v) is 18.2. The number of anilines is 1. The van der Waals surface area contributed by atoms with Crippen LogP contribution in [0.25, 0.3) is 22.1 Å². The number of nitrogens with two attached hydrogens (primary N) is 1. The number of aromatic nitrogens is 5. The first-order chi connectivity index (χ1) is 15.1. The van der Waals surface area contributed by atoms with E-state index in [1.807, 2.05) is 12.1 Å². The fourth-order valence-corrected chi connectivity index (χ4v) is 5.28. The van der Waals surface area contributed by atoms with E-state index in [4.69, 9.17) is 27.3 Å². The molecule has 5 heterocycles. The van der Waals surface area contributed by atoms with Crippen molar-refractivity contribution < 1.29 is 4.73 Å². The molecule has 0 bridgehead atoms. The smallest absolute Gasteiger partial charge is 0.243 e. The van der Waals surface area contributed by atoms with Gasteiger partial charge in [0.2, 0.25) is 5.52 Å². The highest BCUT2D eigenvalue weighted by Gasteiger charge is 2.32. The molecule has 2 fully saturated rings. The minimum Gasteiger partial charge on any atom is -0.618 e. The van der Waals surface area contributed by atoms with Gasteiger partial charge in [0.05, 0.1) is 10.4 Å². The Kier molecular flexibility index (Phi) is 4.45. The molecule has 4 aromatic heterocycles. The largest absolute Gasteiger partial charge is 0.618 e. The van der Waals surface area contributed by atoms with E-state index < -0.39 is 0 Å². The lowest BCUT2D eigenvalue weighted by molar-refractivity contribution is -0.577. The summed E-state index contributed by atoms with van der Waals surface area (Å²) in [5.74, 6) is 1.30. The summed E-state index contributed by atoms with van der Waals surface area (Å²) >= 11 is 8.16. The molecule has 0 amide bonds. The minimum atomic E-state index is 0.124. The second kappa shape index (κ2) is 7.22. The molecule has 1 saturated heterocycles. The van der Waals surface area contributed by atoms with Crippen LogP contribution in [0.3, 0.4) is 0 Å². The number of aromatic amines is 1. The van der Waals surface area contributed by atoms with Gasteiger partial charge in [-0.2, -0.15) is 4.73 Å². The highest BCUT2D eigenvalue weighted by atomic mass is 35.5. The zero-order valence-electron chi connectivity index (χ0n) is 16.6. The first kappa shape index (κ1) is 19.1. The number of fused-ring (bicyclic) bond motifs is 2. The normalized spacial score (nSPS) is 19.0. The van der Waals surface area contributed by atoms with Crippen LogP contribution in [0.15, 0.2) is 40.6 Å². The highest BCUT2D eigenvalue weighted by Crippen LogP contribution is 2.47. The molecule has 10 heteroatoms. The van der Waals surface area contributed by atoms with E-state index in [-0.39, 0.29) is 6.04 Å². The molecule has 1 aliphatic heterocycles. The number of H-pyrrole nitrogens is 1. The summed E-state index contributed by atoms with van der Waals surface area (Å²) in [5, 5.41) is 14.3. The van der Waals surface area contributed by atoms with Crippen molar-refractivity contribution in [2.24, 2.45) is 5.73 Å². The average molecular weight is 454 g/mol. The van der Waals surface area contributed by atoms with Gasteiger partial charge in [0.25, 0.3) is 0 Å². The van der Waals surface area contributed by atoms with Crippen molar-refractivity contribution in [1.29, 1.82) is 0 Å². The lowest BCUT2D eigenvalue weighted by Crippen LogP contribution is -2.27. The molecule has 4 aromatic rings. The molecule has 1 saturated carbocycles. The molecule has 158 valence electrons. The lowest BCUT2D eigenvalue weighted by atomic mass is 10.2. The van der Waals surface area contributed by atoms with Gasteiger partial charge >= 0.3 is 0 Å². The number of nitrogens with zero attached hydrogens (tertiary/aromatic N) is 5. The van der Waals surface area contributed by atoms with Crippen LogP contribution in [0.5, 0.6) is 0 Å². The van der Waals surface area contributed by atoms with E-state index >= 15 is 0 Å². The van der Waals surface area contributed by atoms with Gasteiger partial charge in [0.1, 0.15) is 17.0 Å². The van der Waals surface area contributed by atoms with Gasteiger partial charge in [-0.3, -0.25) is 0 Å². The third-order valence-electron chi connectivity index (χ3n) is 5.88. The van der Waals surface area contributed by atoms with E-state index in [0.29, 0.717) is 22.1 Å². The van der Waals surface area contributed by atoms with Gasteiger partial charge in [-0.1, -0.05) is 11.6 Å². The Balaban J connectivity index is 1.45. The molecule has 8 nitrogen and oxygen atoms in total. The molecule has 31 heavy (non-hydrogen) atoms. The van der Waals surface area contributed by atoms with Crippen molar-refractivity contribution in [2.75, 3.05) is 18.0 Å². The van der Waals surface area contributed by atoms with Gasteiger partial charge in [-0.05, 0) is 37.1 Å². The molecule has 2 aliphatic rings. The van der Waals surface area contributed by atoms with Crippen LogP contribution >= 0.6 is 23.4 Å². The first-order valence-electron chi connectivity index (χ1n) is 10.3. The van der Waals surface area contributed by atoms with E-state index in [1.54, 1.807) is 12.3 Å². The molecular formula is C21H20ClN7OS. The molecule has 0 spiro atoms. The molecule has 6 rings (SSSR count). The molecule has 1 atom stereocenters. The monoisotopic (exact) mass is 453 g/mol. The van der Waals surface area contributed by atoms with Gasteiger partial charge in [0.15, 0.2) is 11.4 Å². The van der Waals surface area contributed by atoms with E-state index in [1.165, 1.54) is 18.0 Å². The van der Waals surface area contributed by atoms with Crippen LogP contribution in [0.1, 0.15) is 30.9 Å². The number of rotatable bonds is 4. The van der Waals surface area contributed by atoms with Gasteiger partial charge < -0.3 is 20.8 Å². The summed E-state index contributed by atoms with van der Waals surface area (Å²) in [6.45, 7) is 1.58. The number of nitrogens with one attached hydrogen (secondary N) is 1. The number of halogens is 1. The maximum absolute atomic E-state index is 12.1. The second-order valence-electron chi connectivity index (χ2n) is 8.19. The fraction of sp³-hybridized carbons (Fsp3) is 0.333. The summed E-state index contributed by atoms with van der Waals surface area (Å²) in [7, 11) is 0. The maximum Gasteiger partial charge on any atom is 0.243 e. The standard InChI is InChI=1S/C21H20ClN7OS/c22-17-16-19(25-18(17)11-3-4-11)26-21(27-20(16)28-7-5-12(23)10-28)31-13-8-15-14(24-9-13)2-1-6-29(15)30/h1-2,6,8-9,11-12H,3-5,7,10,23H2,(H,25,26,27)/t12-/m1/s1. The fourth-order valence-electron chi connectivity index (χ4n) is 4.15. The maximum atomic E-state index is 12.1. The molecular weight excluding hydrogens is 434 g/mol. The highest BCUT2D eigenvalue weighted by molar-refractivity contribution is 7.99. The SMILES string of the molecule is N[C@@H]1CCN(c2nc(Sc3cnc4ccc[n+]([O-])c4c3)nc3[nH]c(C4CC4)c(Cl)c23)C1. The van der Waals surface area contributed by atoms with Crippen LogP contribution in [0, 0.1) is 5.21 Å². The van der Waals surface area contributed by atoms with Crippen LogP contribution in [-0.2, 0) is 0 Å². The van der Waals surface area contributed by atoms with Gasteiger partial charge in [-0.15, -0.1) is 0 Å². The number of pyridine rings is 2. The Morgan fingerprint density at radius 2 is 2.16 bits per heavy atom. The predicted octanol–water partition coefficient (Wildman–Crippen LogP) is 3.36. The number of hydrogen-bond acceptors (Lipinski definition) is 7. The molecule has 0 aromatic carbocycles. The van der Waals surface area contributed by atoms with Crippen LogP contribution < -0.4 is 15.4 Å². The topological polar surface area (TPSA) is 111 Å². The molecule has 1 aliphatic carbocycles. The second-order valence-corrected chi connectivity index (χ2v) is 9.61. The van der Waals surface area contributed by atoms with Crippen molar-refractivity contribution in [3.8, 4) is 0 Å². The van der Waals surface area contributed by atoms with Crippen LogP contribution in [-0.4, -0.2) is 39.1 Å². The lowest BCUT2D eigenvalue weighted by Gasteiger charge is -2.18. The minimum absolute atomic E-state index is 0.124. The molecule has 0 radical (unpaired) electrons. The summed E-state index contributed by atoms with van der Waals surface area (Å²) in [6, 6.07) is 5.44. The molecule has 0 unspecified atom stereocenters. The van der Waals surface area contributed by atoms with Crippen molar-refractivity contribution in [2.45, 2.75) is 41.3 Å². The summed E-state index contributed by atoms with van der Waals surface area (Å²) in [6.07, 6.45) is 6.41. The van der Waals surface area contributed by atoms with E-state index in [2.05, 4.69) is 14.9 Å². The Morgan fingerprint density at radius 3 is 2.94 bits per heavy atom. The van der Waals surface area contributed by atoms with Crippen molar-refractivity contribution >= 4 is 51.2 Å². The Hall–Kier alpha value is -2.62. The summed E-state index contributed by atoms with van der Waals surface area (Å²) < 4.78 is 0.820. The van der Waals surface area contributed by atoms with Gasteiger partial charge in [-0.25, -0.2) is 15.0 Å². The quantitative estimate of drug-likeness (QED) is 0.277.